The van der Waals surface area contributed by atoms with Gasteiger partial charge in [0.2, 0.25) is 5.91 Å². The highest BCUT2D eigenvalue weighted by molar-refractivity contribution is 7.17. The molecule has 0 saturated heterocycles. The highest BCUT2D eigenvalue weighted by Gasteiger charge is 2.24. The van der Waals surface area contributed by atoms with Crippen molar-refractivity contribution in [3.8, 4) is 11.1 Å². The second kappa shape index (κ2) is 8.87. The van der Waals surface area contributed by atoms with Gasteiger partial charge in [-0.1, -0.05) is 60.1 Å². The topological polar surface area (TPSA) is 55.4 Å². The second-order valence-corrected chi connectivity index (χ2v) is 7.57. The smallest absolute Gasteiger partial charge is 0.341 e. The number of anilines is 1. The molecule has 0 atom stereocenters. The Balaban J connectivity index is 1.93. The minimum Gasteiger partial charge on any atom is -0.465 e. The van der Waals surface area contributed by atoms with Gasteiger partial charge >= 0.3 is 5.97 Å². The summed E-state index contributed by atoms with van der Waals surface area (Å²) in [4.78, 5) is 25.8. The van der Waals surface area contributed by atoms with E-state index in [1.165, 1.54) is 24.5 Å². The van der Waals surface area contributed by atoms with E-state index < -0.39 is 5.97 Å². The van der Waals surface area contributed by atoms with Crippen molar-refractivity contribution >= 4 is 45.9 Å². The number of halogens is 1. The zero-order valence-electron chi connectivity index (χ0n) is 15.4. The van der Waals surface area contributed by atoms with Gasteiger partial charge in [0.1, 0.15) is 10.6 Å². The SMILES string of the molecule is COC(=O)c1c(NC(=O)C=Cc2ccccc2Cl)sc(C)c1-c1ccccc1. The summed E-state index contributed by atoms with van der Waals surface area (Å²) in [6, 6.07) is 16.8. The Labute approximate surface area is 172 Å². The molecule has 0 bridgehead atoms. The first-order valence-corrected chi connectivity index (χ1v) is 9.71. The minimum absolute atomic E-state index is 0.356. The van der Waals surface area contributed by atoms with E-state index in [0.29, 0.717) is 15.6 Å². The zero-order valence-corrected chi connectivity index (χ0v) is 16.9. The molecular formula is C22H18ClNO3S. The van der Waals surface area contributed by atoms with Crippen molar-refractivity contribution in [2.75, 3.05) is 12.4 Å². The van der Waals surface area contributed by atoms with E-state index in [1.54, 1.807) is 12.1 Å². The molecule has 0 aliphatic heterocycles. The molecule has 0 fully saturated rings. The summed E-state index contributed by atoms with van der Waals surface area (Å²) >= 11 is 7.44. The predicted molar refractivity (Wildman–Crippen MR) is 115 cm³/mol. The van der Waals surface area contributed by atoms with Crippen LogP contribution in [0.1, 0.15) is 20.8 Å². The molecule has 1 heterocycles. The van der Waals surface area contributed by atoms with Gasteiger partial charge in [-0.15, -0.1) is 11.3 Å². The molecule has 0 saturated carbocycles. The summed E-state index contributed by atoms with van der Waals surface area (Å²) < 4.78 is 4.96. The standard InChI is InChI=1S/C22H18ClNO3S/c1-14-19(16-9-4-3-5-10-16)20(22(26)27-2)21(28-14)24-18(25)13-12-15-8-6-7-11-17(15)23/h3-13H,1-2H3,(H,24,25). The number of methoxy groups -OCH3 is 1. The second-order valence-electron chi connectivity index (χ2n) is 5.94. The third kappa shape index (κ3) is 4.32. The molecule has 0 unspecified atom stereocenters. The molecule has 0 aliphatic rings. The summed E-state index contributed by atoms with van der Waals surface area (Å²) in [5.74, 6) is -0.848. The maximum atomic E-state index is 12.4. The van der Waals surface area contributed by atoms with Crippen LogP contribution < -0.4 is 5.32 Å². The van der Waals surface area contributed by atoms with Crippen LogP contribution in [0, 0.1) is 6.92 Å². The summed E-state index contributed by atoms with van der Waals surface area (Å²) in [5.41, 5.74) is 2.75. The summed E-state index contributed by atoms with van der Waals surface area (Å²) in [6.07, 6.45) is 3.02. The quantitative estimate of drug-likeness (QED) is 0.425. The number of carbonyl (C=O) groups is 2. The third-order valence-electron chi connectivity index (χ3n) is 4.09. The molecule has 3 aromatic rings. The van der Waals surface area contributed by atoms with Crippen molar-refractivity contribution in [1.29, 1.82) is 0 Å². The molecule has 0 spiro atoms. The Hall–Kier alpha value is -2.89. The van der Waals surface area contributed by atoms with Gasteiger partial charge < -0.3 is 10.1 Å². The van der Waals surface area contributed by atoms with E-state index in [4.69, 9.17) is 16.3 Å². The van der Waals surface area contributed by atoms with Crippen LogP contribution in [-0.2, 0) is 9.53 Å². The molecule has 3 rings (SSSR count). The molecule has 28 heavy (non-hydrogen) atoms. The molecule has 0 radical (unpaired) electrons. The van der Waals surface area contributed by atoms with Gasteiger partial charge in [0.25, 0.3) is 0 Å². The average molecular weight is 412 g/mol. The predicted octanol–water partition coefficient (Wildman–Crippen LogP) is 5.82. The summed E-state index contributed by atoms with van der Waals surface area (Å²) in [5, 5.41) is 3.81. The van der Waals surface area contributed by atoms with Gasteiger partial charge in [0.15, 0.2) is 0 Å². The van der Waals surface area contributed by atoms with Gasteiger partial charge in [-0.2, -0.15) is 0 Å². The fourth-order valence-electron chi connectivity index (χ4n) is 2.81. The number of nitrogens with one attached hydrogen (secondary N) is 1. The minimum atomic E-state index is -0.492. The van der Waals surface area contributed by atoms with E-state index >= 15 is 0 Å². The molecule has 1 amide bonds. The summed E-state index contributed by atoms with van der Waals surface area (Å²) in [7, 11) is 1.33. The number of benzene rings is 2. The Kier molecular flexibility index (Phi) is 6.29. The fraction of sp³-hybridized carbons (Fsp3) is 0.0909. The molecular weight excluding hydrogens is 394 g/mol. The molecule has 6 heteroatoms. The van der Waals surface area contributed by atoms with Crippen molar-refractivity contribution < 1.29 is 14.3 Å². The van der Waals surface area contributed by atoms with Crippen LogP contribution in [0.25, 0.3) is 17.2 Å². The lowest BCUT2D eigenvalue weighted by atomic mass is 10.0. The van der Waals surface area contributed by atoms with Crippen molar-refractivity contribution in [3.63, 3.8) is 0 Å². The van der Waals surface area contributed by atoms with Crippen LogP contribution >= 0.6 is 22.9 Å². The lowest BCUT2D eigenvalue weighted by Crippen LogP contribution is -2.11. The Bertz CT molecular complexity index is 1040. The number of carbonyl (C=O) groups excluding carboxylic acids is 2. The highest BCUT2D eigenvalue weighted by Crippen LogP contribution is 2.40. The van der Waals surface area contributed by atoms with E-state index in [0.717, 1.165) is 21.6 Å². The Morgan fingerprint density at radius 1 is 1.07 bits per heavy atom. The van der Waals surface area contributed by atoms with Gasteiger partial charge in [0, 0.05) is 21.5 Å². The first-order chi connectivity index (χ1) is 13.5. The van der Waals surface area contributed by atoms with E-state index in [1.807, 2.05) is 55.5 Å². The molecule has 4 nitrogen and oxygen atoms in total. The fourth-order valence-corrected chi connectivity index (χ4v) is 4.08. The molecule has 142 valence electrons. The zero-order chi connectivity index (χ0) is 20.1. The van der Waals surface area contributed by atoms with Crippen LogP contribution in [0.5, 0.6) is 0 Å². The van der Waals surface area contributed by atoms with Gasteiger partial charge in [-0.3, -0.25) is 4.79 Å². The van der Waals surface area contributed by atoms with Crippen LogP contribution in [0.15, 0.2) is 60.7 Å². The Morgan fingerprint density at radius 2 is 1.75 bits per heavy atom. The average Bonchev–Trinajstić information content (AvgIpc) is 3.03. The lowest BCUT2D eigenvalue weighted by molar-refractivity contribution is -0.111. The number of hydrogen-bond donors (Lipinski definition) is 1. The van der Waals surface area contributed by atoms with Gasteiger partial charge in [-0.25, -0.2) is 4.79 Å². The van der Waals surface area contributed by atoms with Crippen LogP contribution in [0.2, 0.25) is 5.02 Å². The van der Waals surface area contributed by atoms with E-state index in [2.05, 4.69) is 5.32 Å². The molecule has 0 aliphatic carbocycles. The number of aryl methyl sites for hydroxylation is 1. The number of ether oxygens (including phenoxy) is 1. The third-order valence-corrected chi connectivity index (χ3v) is 5.46. The molecule has 2 aromatic carbocycles. The number of hydrogen-bond acceptors (Lipinski definition) is 4. The van der Waals surface area contributed by atoms with Gasteiger partial charge in [0.05, 0.1) is 7.11 Å². The van der Waals surface area contributed by atoms with Crippen LogP contribution in [0.3, 0.4) is 0 Å². The first kappa shape index (κ1) is 19.9. The maximum absolute atomic E-state index is 12.4. The number of thiophene rings is 1. The van der Waals surface area contributed by atoms with Crippen molar-refractivity contribution in [2.45, 2.75) is 6.92 Å². The van der Waals surface area contributed by atoms with Crippen molar-refractivity contribution in [3.05, 3.63) is 81.7 Å². The first-order valence-electron chi connectivity index (χ1n) is 8.52. The number of amides is 1. The van der Waals surface area contributed by atoms with Gasteiger partial charge in [-0.05, 0) is 30.2 Å². The van der Waals surface area contributed by atoms with Crippen LogP contribution in [-0.4, -0.2) is 19.0 Å². The molecule has 1 N–H and O–H groups in total. The van der Waals surface area contributed by atoms with E-state index in [-0.39, 0.29) is 5.91 Å². The normalized spacial score (nSPS) is 10.8. The monoisotopic (exact) mass is 411 g/mol. The lowest BCUT2D eigenvalue weighted by Gasteiger charge is -2.07. The number of esters is 1. The maximum Gasteiger partial charge on any atom is 0.341 e. The van der Waals surface area contributed by atoms with Crippen molar-refractivity contribution in [1.82, 2.24) is 0 Å². The highest BCUT2D eigenvalue weighted by atomic mass is 35.5. The van der Waals surface area contributed by atoms with Crippen molar-refractivity contribution in [2.24, 2.45) is 0 Å². The number of rotatable bonds is 5. The largest absolute Gasteiger partial charge is 0.465 e. The van der Waals surface area contributed by atoms with E-state index in [9.17, 15) is 9.59 Å². The summed E-state index contributed by atoms with van der Waals surface area (Å²) in [6.45, 7) is 1.91. The molecule has 1 aromatic heterocycles. The van der Waals surface area contributed by atoms with Crippen LogP contribution in [0.4, 0.5) is 5.00 Å². The Morgan fingerprint density at radius 3 is 2.43 bits per heavy atom.